The maximum absolute atomic E-state index is 14.0. The Kier molecular flexibility index (Phi) is 6.64. The summed E-state index contributed by atoms with van der Waals surface area (Å²) < 4.78 is 14.0. The highest BCUT2D eigenvalue weighted by Gasteiger charge is 2.46. The Hall–Kier alpha value is -1.62. The number of para-hydroxylation sites is 1. The van der Waals surface area contributed by atoms with E-state index in [-0.39, 0.29) is 29.7 Å². The van der Waals surface area contributed by atoms with Crippen LogP contribution in [0.3, 0.4) is 0 Å². The van der Waals surface area contributed by atoms with E-state index in [2.05, 4.69) is 34.5 Å². The van der Waals surface area contributed by atoms with Crippen LogP contribution in [0.1, 0.15) is 49.3 Å². The minimum Gasteiger partial charge on any atom is -0.389 e. The Labute approximate surface area is 173 Å². The van der Waals surface area contributed by atoms with Gasteiger partial charge < -0.3 is 15.3 Å². The van der Waals surface area contributed by atoms with Crippen LogP contribution in [0.15, 0.2) is 48.5 Å². The molecule has 1 aliphatic heterocycles. The molecule has 5 heteroatoms. The molecule has 1 saturated carbocycles. The standard InChI is InChI=1S/C23H29FN2O.ClH/c1-25-15-21(27)22(17-8-7-9-18(24)14-17)26-16-23(12-5-2-6-13-23)19-10-3-4-11-20(19)26;/h3-4,7-11,14,21-22,25,27H,2,5-6,12-13,15-16H2,1H3;1H/t21-,22+;/m1./s1. The number of halogens is 2. The van der Waals surface area contributed by atoms with E-state index in [0.29, 0.717) is 6.54 Å². The van der Waals surface area contributed by atoms with Gasteiger partial charge in [0.25, 0.3) is 0 Å². The monoisotopic (exact) mass is 404 g/mol. The second-order valence-corrected chi connectivity index (χ2v) is 8.11. The van der Waals surface area contributed by atoms with Crippen LogP contribution in [0.2, 0.25) is 0 Å². The molecular formula is C23H30ClFN2O. The predicted molar refractivity (Wildman–Crippen MR) is 115 cm³/mol. The number of benzene rings is 2. The number of fused-ring (bicyclic) bond motifs is 2. The summed E-state index contributed by atoms with van der Waals surface area (Å²) in [7, 11) is 1.84. The molecule has 0 radical (unpaired) electrons. The van der Waals surface area contributed by atoms with Crippen molar-refractivity contribution in [2.45, 2.75) is 49.7 Å². The molecule has 28 heavy (non-hydrogen) atoms. The Bertz CT molecular complexity index is 794. The molecule has 1 heterocycles. The first-order chi connectivity index (χ1) is 13.1. The molecule has 1 spiro atoms. The van der Waals surface area contributed by atoms with Crippen molar-refractivity contribution in [1.82, 2.24) is 5.32 Å². The van der Waals surface area contributed by atoms with Crippen LogP contribution in [0, 0.1) is 5.82 Å². The summed E-state index contributed by atoms with van der Waals surface area (Å²) in [5.74, 6) is -0.256. The van der Waals surface area contributed by atoms with Gasteiger partial charge in [0.05, 0.1) is 12.1 Å². The molecule has 152 valence electrons. The van der Waals surface area contributed by atoms with Crippen molar-refractivity contribution in [3.8, 4) is 0 Å². The zero-order chi connectivity index (χ0) is 18.9. The maximum Gasteiger partial charge on any atom is 0.123 e. The van der Waals surface area contributed by atoms with Gasteiger partial charge in [0, 0.05) is 24.2 Å². The average molecular weight is 405 g/mol. The summed E-state index contributed by atoms with van der Waals surface area (Å²) in [6, 6.07) is 15.0. The molecule has 2 aromatic carbocycles. The van der Waals surface area contributed by atoms with Gasteiger partial charge in [-0.1, -0.05) is 49.6 Å². The lowest BCUT2D eigenvalue weighted by molar-refractivity contribution is 0.138. The largest absolute Gasteiger partial charge is 0.389 e. The van der Waals surface area contributed by atoms with E-state index in [4.69, 9.17) is 0 Å². The molecule has 0 unspecified atom stereocenters. The van der Waals surface area contributed by atoms with Gasteiger partial charge >= 0.3 is 0 Å². The highest BCUT2D eigenvalue weighted by atomic mass is 35.5. The summed E-state index contributed by atoms with van der Waals surface area (Å²) in [6.07, 6.45) is 5.58. The lowest BCUT2D eigenvalue weighted by Gasteiger charge is -2.38. The zero-order valence-electron chi connectivity index (χ0n) is 16.4. The fourth-order valence-corrected chi connectivity index (χ4v) is 5.19. The Balaban J connectivity index is 0.00000225. The molecule has 2 N–H and O–H groups in total. The second-order valence-electron chi connectivity index (χ2n) is 8.11. The van der Waals surface area contributed by atoms with Crippen molar-refractivity contribution in [1.29, 1.82) is 0 Å². The zero-order valence-corrected chi connectivity index (χ0v) is 17.2. The van der Waals surface area contributed by atoms with Gasteiger partial charge in [-0.3, -0.25) is 0 Å². The molecule has 0 bridgehead atoms. The highest BCUT2D eigenvalue weighted by Crippen LogP contribution is 2.51. The molecule has 0 aromatic heterocycles. The van der Waals surface area contributed by atoms with E-state index in [1.165, 1.54) is 49.4 Å². The second kappa shape index (κ2) is 8.81. The Morgan fingerprint density at radius 1 is 1.11 bits per heavy atom. The van der Waals surface area contributed by atoms with E-state index in [9.17, 15) is 9.50 Å². The third kappa shape index (κ3) is 3.78. The molecule has 0 saturated heterocycles. The van der Waals surface area contributed by atoms with Crippen molar-refractivity contribution in [2.24, 2.45) is 0 Å². The van der Waals surface area contributed by atoms with Crippen molar-refractivity contribution in [2.75, 3.05) is 25.0 Å². The van der Waals surface area contributed by atoms with Crippen LogP contribution < -0.4 is 10.2 Å². The number of aliphatic hydroxyl groups is 1. The highest BCUT2D eigenvalue weighted by molar-refractivity contribution is 5.85. The number of nitrogens with one attached hydrogen (secondary N) is 1. The molecule has 1 aliphatic carbocycles. The first-order valence-electron chi connectivity index (χ1n) is 10.1. The van der Waals surface area contributed by atoms with Crippen LogP contribution in [0.25, 0.3) is 0 Å². The quantitative estimate of drug-likeness (QED) is 0.765. The fraction of sp³-hybridized carbons (Fsp3) is 0.478. The summed E-state index contributed by atoms with van der Waals surface area (Å²) >= 11 is 0. The molecule has 3 nitrogen and oxygen atoms in total. The molecule has 0 amide bonds. The van der Waals surface area contributed by atoms with Gasteiger partial charge in [-0.2, -0.15) is 0 Å². The first-order valence-corrected chi connectivity index (χ1v) is 10.1. The van der Waals surface area contributed by atoms with Crippen LogP contribution in [0.5, 0.6) is 0 Å². The Morgan fingerprint density at radius 2 is 1.86 bits per heavy atom. The van der Waals surface area contributed by atoms with Gasteiger partial charge in [-0.15, -0.1) is 12.4 Å². The van der Waals surface area contributed by atoms with Crippen LogP contribution >= 0.6 is 12.4 Å². The van der Waals surface area contributed by atoms with Gasteiger partial charge in [-0.25, -0.2) is 4.39 Å². The number of rotatable bonds is 5. The normalized spacial score (nSPS) is 19.8. The number of anilines is 1. The number of nitrogens with zero attached hydrogens (tertiary/aromatic N) is 1. The lowest BCUT2D eigenvalue weighted by Crippen LogP contribution is -2.43. The minimum absolute atomic E-state index is 0. The van der Waals surface area contributed by atoms with Crippen LogP contribution in [-0.4, -0.2) is 31.3 Å². The molecule has 1 fully saturated rings. The summed E-state index contributed by atoms with van der Waals surface area (Å²) in [4.78, 5) is 2.33. The first kappa shape index (κ1) is 21.1. The number of hydrogen-bond donors (Lipinski definition) is 2. The van der Waals surface area contributed by atoms with Crippen molar-refractivity contribution >= 4 is 18.1 Å². The Morgan fingerprint density at radius 3 is 2.57 bits per heavy atom. The van der Waals surface area contributed by atoms with E-state index < -0.39 is 6.10 Å². The van der Waals surface area contributed by atoms with E-state index >= 15 is 0 Å². The van der Waals surface area contributed by atoms with E-state index in [0.717, 1.165) is 12.1 Å². The van der Waals surface area contributed by atoms with Crippen molar-refractivity contribution in [3.63, 3.8) is 0 Å². The van der Waals surface area contributed by atoms with Gasteiger partial charge in [-0.05, 0) is 49.2 Å². The van der Waals surface area contributed by atoms with Crippen LogP contribution in [0.4, 0.5) is 10.1 Å². The minimum atomic E-state index is -0.622. The lowest BCUT2D eigenvalue weighted by atomic mass is 9.71. The number of aliphatic hydroxyl groups excluding tert-OH is 1. The molecule has 4 rings (SSSR count). The van der Waals surface area contributed by atoms with Gasteiger partial charge in [0.1, 0.15) is 5.82 Å². The SMILES string of the molecule is CNC[C@@H](O)[C@H](c1cccc(F)c1)N1CC2(CCCCC2)c2ccccc21.Cl. The molecule has 2 aromatic rings. The number of likely N-dealkylation sites (N-methyl/N-ethyl adjacent to an activating group) is 1. The fourth-order valence-electron chi connectivity index (χ4n) is 5.19. The van der Waals surface area contributed by atoms with E-state index in [1.54, 1.807) is 12.1 Å². The van der Waals surface area contributed by atoms with Gasteiger partial charge in [0.2, 0.25) is 0 Å². The number of hydrogen-bond acceptors (Lipinski definition) is 3. The molecular weight excluding hydrogens is 375 g/mol. The van der Waals surface area contributed by atoms with Crippen molar-refractivity contribution < 1.29 is 9.50 Å². The molecule has 2 atom stereocenters. The topological polar surface area (TPSA) is 35.5 Å². The third-order valence-electron chi connectivity index (χ3n) is 6.37. The predicted octanol–water partition coefficient (Wildman–Crippen LogP) is 4.59. The summed E-state index contributed by atoms with van der Waals surface area (Å²) in [5.41, 5.74) is 3.60. The van der Waals surface area contributed by atoms with Crippen LogP contribution in [-0.2, 0) is 5.41 Å². The average Bonchev–Trinajstić information content (AvgIpc) is 2.97. The maximum atomic E-state index is 14.0. The smallest absolute Gasteiger partial charge is 0.123 e. The molecule has 2 aliphatic rings. The van der Waals surface area contributed by atoms with Crippen molar-refractivity contribution in [3.05, 3.63) is 65.5 Å². The van der Waals surface area contributed by atoms with E-state index in [1.807, 2.05) is 13.1 Å². The summed E-state index contributed by atoms with van der Waals surface area (Å²) in [5, 5.41) is 14.1. The third-order valence-corrected chi connectivity index (χ3v) is 6.37. The van der Waals surface area contributed by atoms with Gasteiger partial charge in [0.15, 0.2) is 0 Å². The summed E-state index contributed by atoms with van der Waals surface area (Å²) in [6.45, 7) is 1.36.